The van der Waals surface area contributed by atoms with Crippen LogP contribution in [0.15, 0.2) is 53.4 Å². The molecule has 0 bridgehead atoms. The van der Waals surface area contributed by atoms with Gasteiger partial charge in [0.2, 0.25) is 0 Å². The smallest absolute Gasteiger partial charge is 0.264 e. The molecule has 0 aromatic heterocycles. The lowest BCUT2D eigenvalue weighted by Gasteiger charge is -2.34. The molecule has 0 aliphatic carbocycles. The van der Waals surface area contributed by atoms with Crippen molar-refractivity contribution in [3.05, 3.63) is 53.6 Å². The molecule has 0 spiro atoms. The second kappa shape index (κ2) is 8.84. The zero-order valence-electron chi connectivity index (χ0n) is 15.6. The summed E-state index contributed by atoms with van der Waals surface area (Å²) in [4.78, 5) is 12.7. The Morgan fingerprint density at radius 3 is 2.61 bits per heavy atom. The van der Waals surface area contributed by atoms with E-state index < -0.39 is 16.1 Å². The standard InChI is InChI=1S/C20H23ClN2O4S/c1-2-3-6-13-22-20(24)19-14-23(17-7-4-5-8-18(17)27-19)28(25,26)16-11-9-15(21)10-12-16/h4-5,7-12,19H,2-3,6,13-14H2,1H3,(H,22,24). The molecule has 0 fully saturated rings. The summed E-state index contributed by atoms with van der Waals surface area (Å²) in [5, 5.41) is 3.28. The molecular weight excluding hydrogens is 400 g/mol. The van der Waals surface area contributed by atoms with E-state index >= 15 is 0 Å². The highest BCUT2D eigenvalue weighted by atomic mass is 35.5. The number of para-hydroxylation sites is 2. The number of carbonyl (C=O) groups excluding carboxylic acids is 1. The number of fused-ring (bicyclic) bond motifs is 1. The number of carbonyl (C=O) groups is 1. The third-order valence-electron chi connectivity index (χ3n) is 4.51. The Morgan fingerprint density at radius 2 is 1.89 bits per heavy atom. The van der Waals surface area contributed by atoms with Crippen molar-refractivity contribution in [3.8, 4) is 5.75 Å². The molecule has 1 aliphatic heterocycles. The molecule has 1 N–H and O–H groups in total. The molecule has 2 aromatic rings. The van der Waals surface area contributed by atoms with E-state index in [0.717, 1.165) is 19.3 Å². The molecule has 1 heterocycles. The predicted octanol–water partition coefficient (Wildman–Crippen LogP) is 3.60. The van der Waals surface area contributed by atoms with Crippen LogP contribution in [0.2, 0.25) is 5.02 Å². The van der Waals surface area contributed by atoms with Gasteiger partial charge < -0.3 is 10.1 Å². The molecule has 1 unspecified atom stereocenters. The van der Waals surface area contributed by atoms with Gasteiger partial charge in [0, 0.05) is 11.6 Å². The summed E-state index contributed by atoms with van der Waals surface area (Å²) in [5.41, 5.74) is 0.410. The van der Waals surface area contributed by atoms with E-state index in [1.807, 2.05) is 0 Å². The Labute approximate surface area is 170 Å². The van der Waals surface area contributed by atoms with Crippen molar-refractivity contribution in [2.45, 2.75) is 37.2 Å². The molecule has 150 valence electrons. The van der Waals surface area contributed by atoms with Crippen LogP contribution in [0.3, 0.4) is 0 Å². The topological polar surface area (TPSA) is 75.7 Å². The fraction of sp³-hybridized carbons (Fsp3) is 0.350. The second-order valence-corrected chi connectivity index (χ2v) is 8.86. The summed E-state index contributed by atoms with van der Waals surface area (Å²) < 4.78 is 33.5. The van der Waals surface area contributed by atoms with E-state index in [-0.39, 0.29) is 17.3 Å². The van der Waals surface area contributed by atoms with Crippen LogP contribution in [-0.4, -0.2) is 33.5 Å². The van der Waals surface area contributed by atoms with Gasteiger partial charge in [0.05, 0.1) is 17.1 Å². The number of rotatable bonds is 7. The monoisotopic (exact) mass is 422 g/mol. The number of sulfonamides is 1. The molecule has 1 amide bonds. The number of ether oxygens (including phenoxy) is 1. The lowest BCUT2D eigenvalue weighted by molar-refractivity contribution is -0.127. The molecule has 1 aliphatic rings. The molecule has 28 heavy (non-hydrogen) atoms. The quantitative estimate of drug-likeness (QED) is 0.691. The van der Waals surface area contributed by atoms with Crippen molar-refractivity contribution in [3.63, 3.8) is 0 Å². The number of amides is 1. The van der Waals surface area contributed by atoms with E-state index in [1.165, 1.54) is 28.6 Å². The Balaban J connectivity index is 1.87. The van der Waals surface area contributed by atoms with Crippen LogP contribution < -0.4 is 14.4 Å². The third kappa shape index (κ3) is 4.42. The van der Waals surface area contributed by atoms with Gasteiger partial charge in [-0.1, -0.05) is 43.5 Å². The zero-order chi connectivity index (χ0) is 20.1. The van der Waals surface area contributed by atoms with Crippen LogP contribution in [0, 0.1) is 0 Å². The summed E-state index contributed by atoms with van der Waals surface area (Å²) >= 11 is 5.88. The molecule has 0 radical (unpaired) electrons. The molecule has 2 aromatic carbocycles. The summed E-state index contributed by atoms with van der Waals surface area (Å²) in [5.74, 6) is 0.0434. The van der Waals surface area contributed by atoms with Crippen LogP contribution in [0.4, 0.5) is 5.69 Å². The molecule has 1 atom stereocenters. The largest absolute Gasteiger partial charge is 0.476 e. The number of anilines is 1. The first-order valence-corrected chi connectivity index (χ1v) is 11.1. The fourth-order valence-electron chi connectivity index (χ4n) is 3.00. The highest BCUT2D eigenvalue weighted by Crippen LogP contribution is 2.36. The molecule has 0 saturated heterocycles. The zero-order valence-corrected chi connectivity index (χ0v) is 17.2. The van der Waals surface area contributed by atoms with Crippen LogP contribution in [0.1, 0.15) is 26.2 Å². The number of benzene rings is 2. The molecule has 0 saturated carbocycles. The predicted molar refractivity (Wildman–Crippen MR) is 109 cm³/mol. The van der Waals surface area contributed by atoms with E-state index in [9.17, 15) is 13.2 Å². The Kier molecular flexibility index (Phi) is 6.46. The van der Waals surface area contributed by atoms with Crippen molar-refractivity contribution < 1.29 is 17.9 Å². The first kappa shape index (κ1) is 20.5. The lowest BCUT2D eigenvalue weighted by atomic mass is 10.2. The number of nitrogens with one attached hydrogen (secondary N) is 1. The van der Waals surface area contributed by atoms with Crippen LogP contribution >= 0.6 is 11.6 Å². The van der Waals surface area contributed by atoms with Gasteiger partial charge in [0.15, 0.2) is 6.10 Å². The summed E-state index contributed by atoms with van der Waals surface area (Å²) in [6.45, 7) is 2.53. The minimum absolute atomic E-state index is 0.0957. The summed E-state index contributed by atoms with van der Waals surface area (Å²) in [7, 11) is -3.87. The van der Waals surface area contributed by atoms with Gasteiger partial charge in [-0.3, -0.25) is 9.10 Å². The van der Waals surface area contributed by atoms with E-state index in [0.29, 0.717) is 23.0 Å². The van der Waals surface area contributed by atoms with Gasteiger partial charge in [0.25, 0.3) is 15.9 Å². The number of hydrogen-bond acceptors (Lipinski definition) is 4. The number of hydrogen-bond donors (Lipinski definition) is 1. The molecule has 3 rings (SSSR count). The minimum Gasteiger partial charge on any atom is -0.476 e. The highest BCUT2D eigenvalue weighted by molar-refractivity contribution is 7.92. The second-order valence-electron chi connectivity index (χ2n) is 6.56. The van der Waals surface area contributed by atoms with Crippen LogP contribution in [-0.2, 0) is 14.8 Å². The molecule has 8 heteroatoms. The third-order valence-corrected chi connectivity index (χ3v) is 6.55. The minimum atomic E-state index is -3.87. The van der Waals surface area contributed by atoms with Crippen molar-refractivity contribution in [1.82, 2.24) is 5.32 Å². The van der Waals surface area contributed by atoms with Crippen molar-refractivity contribution >= 4 is 33.2 Å². The maximum atomic E-state index is 13.2. The van der Waals surface area contributed by atoms with Crippen LogP contribution in [0.5, 0.6) is 5.75 Å². The summed E-state index contributed by atoms with van der Waals surface area (Å²) in [6.07, 6.45) is 2.03. The molecule has 6 nitrogen and oxygen atoms in total. The van der Waals surface area contributed by atoms with E-state index in [1.54, 1.807) is 24.3 Å². The van der Waals surface area contributed by atoms with Gasteiger partial charge in [-0.05, 0) is 42.8 Å². The van der Waals surface area contributed by atoms with Crippen molar-refractivity contribution in [2.24, 2.45) is 0 Å². The van der Waals surface area contributed by atoms with E-state index in [4.69, 9.17) is 16.3 Å². The maximum Gasteiger partial charge on any atom is 0.264 e. The average molecular weight is 423 g/mol. The number of unbranched alkanes of at least 4 members (excludes halogenated alkanes) is 2. The normalized spacial score (nSPS) is 16.2. The number of nitrogens with zero attached hydrogens (tertiary/aromatic N) is 1. The van der Waals surface area contributed by atoms with Gasteiger partial charge >= 0.3 is 0 Å². The Bertz CT molecular complexity index is 931. The average Bonchev–Trinajstić information content (AvgIpc) is 2.70. The van der Waals surface area contributed by atoms with Gasteiger partial charge in [-0.2, -0.15) is 0 Å². The van der Waals surface area contributed by atoms with Gasteiger partial charge in [0.1, 0.15) is 5.75 Å². The Hall–Kier alpha value is -2.25. The van der Waals surface area contributed by atoms with Crippen molar-refractivity contribution in [2.75, 3.05) is 17.4 Å². The first-order valence-electron chi connectivity index (χ1n) is 9.25. The summed E-state index contributed by atoms with van der Waals surface area (Å²) in [6, 6.07) is 12.8. The van der Waals surface area contributed by atoms with Gasteiger partial charge in [-0.25, -0.2) is 8.42 Å². The van der Waals surface area contributed by atoms with Crippen LogP contribution in [0.25, 0.3) is 0 Å². The van der Waals surface area contributed by atoms with Crippen molar-refractivity contribution in [1.29, 1.82) is 0 Å². The highest BCUT2D eigenvalue weighted by Gasteiger charge is 2.37. The first-order chi connectivity index (χ1) is 13.4. The fourth-order valence-corrected chi connectivity index (χ4v) is 4.60. The maximum absolute atomic E-state index is 13.2. The Morgan fingerprint density at radius 1 is 1.18 bits per heavy atom. The lowest BCUT2D eigenvalue weighted by Crippen LogP contribution is -2.50. The van der Waals surface area contributed by atoms with Gasteiger partial charge in [-0.15, -0.1) is 0 Å². The SMILES string of the molecule is CCCCCNC(=O)C1CN(S(=O)(=O)c2ccc(Cl)cc2)c2ccccc2O1. The van der Waals surface area contributed by atoms with E-state index in [2.05, 4.69) is 12.2 Å². The molecular formula is C20H23ClN2O4S. The number of halogens is 1.